The van der Waals surface area contributed by atoms with E-state index < -0.39 is 30.1 Å². The fourth-order valence-corrected chi connectivity index (χ4v) is 4.55. The number of hydrogen-bond donors (Lipinski definition) is 3. The van der Waals surface area contributed by atoms with Crippen LogP contribution in [0.1, 0.15) is 56.1 Å². The number of alkyl carbamates (subject to hydrolysis) is 1. The summed E-state index contributed by atoms with van der Waals surface area (Å²) in [4.78, 5) is 36.6. The largest absolute Gasteiger partial charge is 0.480 e. The number of carboxylic acids is 1. The van der Waals surface area contributed by atoms with Crippen LogP contribution in [0.3, 0.4) is 0 Å². The number of carbonyl (C=O) groups excluding carboxylic acids is 2. The molecule has 2 atom stereocenters. The van der Waals surface area contributed by atoms with Gasteiger partial charge in [-0.05, 0) is 41.5 Å². The van der Waals surface area contributed by atoms with Gasteiger partial charge in [-0.15, -0.1) is 0 Å². The Morgan fingerprint density at radius 2 is 1.60 bits per heavy atom. The maximum atomic E-state index is 12.6. The number of carboxylic acid groups (broad SMARTS) is 1. The van der Waals surface area contributed by atoms with Gasteiger partial charge in [0, 0.05) is 32.1 Å². The van der Waals surface area contributed by atoms with Crippen molar-refractivity contribution in [1.82, 2.24) is 10.6 Å². The second-order valence-corrected chi connectivity index (χ2v) is 8.75. The number of rotatable bonds is 13. The predicted octanol–water partition coefficient (Wildman–Crippen LogP) is 4.08. The van der Waals surface area contributed by atoms with E-state index in [0.717, 1.165) is 28.7 Å². The summed E-state index contributed by atoms with van der Waals surface area (Å²) in [6.45, 7) is 2.56. The zero-order valence-corrected chi connectivity index (χ0v) is 20.3. The van der Waals surface area contributed by atoms with Crippen LogP contribution in [-0.2, 0) is 19.1 Å². The molecule has 35 heavy (non-hydrogen) atoms. The zero-order chi connectivity index (χ0) is 25.2. The van der Waals surface area contributed by atoms with E-state index in [1.54, 1.807) is 7.11 Å². The molecule has 1 aliphatic carbocycles. The summed E-state index contributed by atoms with van der Waals surface area (Å²) in [5, 5.41) is 14.7. The molecule has 8 nitrogen and oxygen atoms in total. The summed E-state index contributed by atoms with van der Waals surface area (Å²) >= 11 is 0. The lowest BCUT2D eigenvalue weighted by Crippen LogP contribution is -2.45. The number of amides is 2. The first kappa shape index (κ1) is 26.2. The predicted molar refractivity (Wildman–Crippen MR) is 132 cm³/mol. The molecule has 0 saturated carbocycles. The van der Waals surface area contributed by atoms with Gasteiger partial charge >= 0.3 is 12.1 Å². The lowest BCUT2D eigenvalue weighted by atomic mass is 9.98. The number of benzene rings is 2. The molecule has 0 bridgehead atoms. The molecule has 0 fully saturated rings. The number of methoxy groups -OCH3 is 1. The summed E-state index contributed by atoms with van der Waals surface area (Å²) in [7, 11) is 1.54. The molecule has 1 aliphatic rings. The van der Waals surface area contributed by atoms with Gasteiger partial charge < -0.3 is 25.2 Å². The lowest BCUT2D eigenvalue weighted by Gasteiger charge is -2.21. The van der Waals surface area contributed by atoms with E-state index in [0.29, 0.717) is 19.4 Å². The minimum atomic E-state index is -1.09. The molecule has 2 amide bonds. The van der Waals surface area contributed by atoms with E-state index in [9.17, 15) is 19.5 Å². The number of aliphatic carboxylic acids is 1. The van der Waals surface area contributed by atoms with Crippen LogP contribution in [0.15, 0.2) is 48.5 Å². The smallest absolute Gasteiger partial charge is 0.407 e. The highest BCUT2D eigenvalue weighted by molar-refractivity contribution is 5.84. The van der Waals surface area contributed by atoms with Crippen molar-refractivity contribution in [3.63, 3.8) is 0 Å². The van der Waals surface area contributed by atoms with E-state index in [1.807, 2.05) is 31.2 Å². The third kappa shape index (κ3) is 7.05. The molecule has 0 radical (unpaired) electrons. The molecule has 0 spiro atoms. The van der Waals surface area contributed by atoms with E-state index >= 15 is 0 Å². The van der Waals surface area contributed by atoms with Gasteiger partial charge in [0.05, 0.1) is 0 Å². The van der Waals surface area contributed by atoms with Crippen LogP contribution >= 0.6 is 0 Å². The monoisotopic (exact) mass is 482 g/mol. The highest BCUT2D eigenvalue weighted by Crippen LogP contribution is 2.44. The van der Waals surface area contributed by atoms with Gasteiger partial charge in [0.1, 0.15) is 12.6 Å². The van der Waals surface area contributed by atoms with Crippen LogP contribution in [0, 0.1) is 0 Å². The van der Waals surface area contributed by atoms with Crippen LogP contribution in [0.5, 0.6) is 0 Å². The fraction of sp³-hybridized carbons (Fsp3) is 0.444. The molecule has 3 rings (SSSR count). The van der Waals surface area contributed by atoms with Gasteiger partial charge in [-0.3, -0.25) is 4.79 Å². The molecule has 2 aromatic carbocycles. The maximum Gasteiger partial charge on any atom is 0.407 e. The number of hydrogen-bond acceptors (Lipinski definition) is 5. The van der Waals surface area contributed by atoms with Gasteiger partial charge in [-0.2, -0.15) is 0 Å². The Morgan fingerprint density at radius 3 is 2.17 bits per heavy atom. The van der Waals surface area contributed by atoms with Gasteiger partial charge in [0.15, 0.2) is 0 Å². The molecule has 2 aromatic rings. The molecule has 3 N–H and O–H groups in total. The van der Waals surface area contributed by atoms with E-state index in [1.165, 1.54) is 0 Å². The van der Waals surface area contributed by atoms with Crippen LogP contribution < -0.4 is 10.6 Å². The molecular formula is C27H34N2O6. The molecule has 0 aromatic heterocycles. The topological polar surface area (TPSA) is 114 Å². The number of nitrogens with one attached hydrogen (secondary N) is 2. The Bertz CT molecular complexity index is 979. The van der Waals surface area contributed by atoms with Gasteiger partial charge in [0.25, 0.3) is 0 Å². The van der Waals surface area contributed by atoms with E-state index in [4.69, 9.17) is 9.47 Å². The zero-order valence-electron chi connectivity index (χ0n) is 20.3. The van der Waals surface area contributed by atoms with Crippen molar-refractivity contribution in [3.8, 4) is 11.1 Å². The quantitative estimate of drug-likeness (QED) is 0.371. The average molecular weight is 483 g/mol. The van der Waals surface area contributed by atoms with Crippen molar-refractivity contribution in [1.29, 1.82) is 0 Å². The van der Waals surface area contributed by atoms with Crippen molar-refractivity contribution < 1.29 is 29.0 Å². The van der Waals surface area contributed by atoms with Gasteiger partial charge in [-0.1, -0.05) is 61.9 Å². The maximum absolute atomic E-state index is 12.6. The summed E-state index contributed by atoms with van der Waals surface area (Å²) in [6, 6.07) is 14.8. The van der Waals surface area contributed by atoms with Gasteiger partial charge in [-0.25, -0.2) is 9.59 Å². The van der Waals surface area contributed by atoms with Gasteiger partial charge in [0.2, 0.25) is 5.91 Å². The first-order valence-corrected chi connectivity index (χ1v) is 12.1. The van der Waals surface area contributed by atoms with Crippen molar-refractivity contribution in [2.45, 2.75) is 57.0 Å². The molecule has 0 saturated heterocycles. The first-order valence-electron chi connectivity index (χ1n) is 12.1. The Kier molecular flexibility index (Phi) is 9.66. The van der Waals surface area contributed by atoms with Crippen LogP contribution in [0.4, 0.5) is 4.79 Å². The number of carbonyl (C=O) groups is 3. The minimum absolute atomic E-state index is 0.0217. The minimum Gasteiger partial charge on any atom is -0.480 e. The van der Waals surface area contributed by atoms with E-state index in [2.05, 4.69) is 34.9 Å². The Labute approximate surface area is 206 Å². The summed E-state index contributed by atoms with van der Waals surface area (Å²) in [5.41, 5.74) is 4.55. The van der Waals surface area contributed by atoms with Crippen molar-refractivity contribution >= 4 is 18.0 Å². The molecule has 0 heterocycles. The van der Waals surface area contributed by atoms with Crippen LogP contribution in [-0.4, -0.2) is 55.5 Å². The lowest BCUT2D eigenvalue weighted by molar-refractivity contribution is -0.142. The average Bonchev–Trinajstić information content (AvgIpc) is 3.16. The standard InChI is InChI=1S/C27H34N2O6/c1-3-9-18(16-25(30)29-24(26(31)32)14-8-15-34-2)28-27(33)35-17-23-21-12-6-4-10-19(21)20-11-5-7-13-22(20)23/h4-7,10-13,18,23-24H,3,8-9,14-17H2,1-2H3,(H,28,33)(H,29,30)(H,31,32)/t18-,24?/m0/s1. The highest BCUT2D eigenvalue weighted by Gasteiger charge is 2.29. The molecule has 1 unspecified atom stereocenters. The number of ether oxygens (including phenoxy) is 2. The summed E-state index contributed by atoms with van der Waals surface area (Å²) in [6.07, 6.45) is 1.49. The Morgan fingerprint density at radius 1 is 0.971 bits per heavy atom. The summed E-state index contributed by atoms with van der Waals surface area (Å²) < 4.78 is 10.5. The van der Waals surface area contributed by atoms with Crippen molar-refractivity contribution in [3.05, 3.63) is 59.7 Å². The molecule has 8 heteroatoms. The van der Waals surface area contributed by atoms with E-state index in [-0.39, 0.29) is 25.4 Å². The molecular weight excluding hydrogens is 448 g/mol. The Balaban J connectivity index is 1.55. The van der Waals surface area contributed by atoms with Crippen LogP contribution in [0.25, 0.3) is 11.1 Å². The molecule has 188 valence electrons. The van der Waals surface area contributed by atoms with Crippen LogP contribution in [0.2, 0.25) is 0 Å². The normalized spacial score (nSPS) is 13.9. The molecule has 0 aliphatic heterocycles. The summed E-state index contributed by atoms with van der Waals surface area (Å²) in [5.74, 6) is -1.57. The van der Waals surface area contributed by atoms with Crippen molar-refractivity contribution in [2.24, 2.45) is 0 Å². The third-order valence-electron chi connectivity index (χ3n) is 6.21. The third-order valence-corrected chi connectivity index (χ3v) is 6.21. The van der Waals surface area contributed by atoms with Crippen molar-refractivity contribution in [2.75, 3.05) is 20.3 Å². The highest BCUT2D eigenvalue weighted by atomic mass is 16.5. The Hall–Kier alpha value is -3.39. The second kappa shape index (κ2) is 12.9. The number of fused-ring (bicyclic) bond motifs is 3. The second-order valence-electron chi connectivity index (χ2n) is 8.75. The SMILES string of the molecule is CCC[C@@H](CC(=O)NC(CCCOC)C(=O)O)NC(=O)OCC1c2ccccc2-c2ccccc21. The fourth-order valence-electron chi connectivity index (χ4n) is 4.55. The first-order chi connectivity index (χ1) is 16.9.